The molecule has 0 unspecified atom stereocenters. The molecule has 0 radical (unpaired) electrons. The zero-order chi connectivity index (χ0) is 12.1. The maximum Gasteiger partial charge on any atom is 0.0797 e. The molecule has 90 valence electrons. The first-order valence-electron chi connectivity index (χ1n) is 5.60. The van der Waals surface area contributed by atoms with Crippen molar-refractivity contribution in [2.45, 2.75) is 19.9 Å². The lowest BCUT2D eigenvalue weighted by Crippen LogP contribution is -2.16. The van der Waals surface area contributed by atoms with Crippen molar-refractivity contribution in [3.8, 4) is 0 Å². The topological polar surface area (TPSA) is 24.9 Å². The number of nitrogens with zero attached hydrogens (tertiary/aromatic N) is 1. The molecule has 1 heterocycles. The van der Waals surface area contributed by atoms with E-state index in [-0.39, 0.29) is 0 Å². The largest absolute Gasteiger partial charge is 0.312 e. The summed E-state index contributed by atoms with van der Waals surface area (Å²) in [5, 5.41) is 3.45. The van der Waals surface area contributed by atoms with E-state index in [1.54, 1.807) is 11.3 Å². The molecule has 0 spiro atoms. The normalized spacial score (nSPS) is 10.7. The average molecular weight is 311 g/mol. The second kappa shape index (κ2) is 6.28. The molecular formula is C13H15BrN2S. The van der Waals surface area contributed by atoms with Gasteiger partial charge in [0, 0.05) is 22.4 Å². The first kappa shape index (κ1) is 12.7. The van der Waals surface area contributed by atoms with Gasteiger partial charge in [0.05, 0.1) is 11.2 Å². The standard InChI is InChI=1S/C13H15BrN2S/c1-10-13(17-9-16-10)5-6-15-8-11-3-2-4-12(14)7-11/h2-4,7,9,15H,5-6,8H2,1H3. The van der Waals surface area contributed by atoms with Crippen molar-refractivity contribution in [2.24, 2.45) is 0 Å². The maximum atomic E-state index is 4.25. The third-order valence-corrected chi connectivity index (χ3v) is 4.08. The van der Waals surface area contributed by atoms with Gasteiger partial charge in [0.1, 0.15) is 0 Å². The third kappa shape index (κ3) is 3.91. The van der Waals surface area contributed by atoms with Crippen LogP contribution in [-0.2, 0) is 13.0 Å². The van der Waals surface area contributed by atoms with Crippen molar-refractivity contribution < 1.29 is 0 Å². The summed E-state index contributed by atoms with van der Waals surface area (Å²) in [7, 11) is 0. The minimum absolute atomic E-state index is 0.914. The number of halogens is 1. The summed E-state index contributed by atoms with van der Waals surface area (Å²) in [5.74, 6) is 0. The number of hydrogen-bond acceptors (Lipinski definition) is 3. The molecule has 2 aromatic rings. The summed E-state index contributed by atoms with van der Waals surface area (Å²) >= 11 is 5.22. The number of aryl methyl sites for hydroxylation is 1. The predicted octanol–water partition coefficient (Wildman–Crippen LogP) is 3.55. The van der Waals surface area contributed by atoms with E-state index in [2.05, 4.69) is 51.4 Å². The molecule has 1 N–H and O–H groups in total. The van der Waals surface area contributed by atoms with Crippen LogP contribution in [0.5, 0.6) is 0 Å². The number of hydrogen-bond donors (Lipinski definition) is 1. The Balaban J connectivity index is 1.75. The van der Waals surface area contributed by atoms with Gasteiger partial charge < -0.3 is 5.32 Å². The molecule has 0 bridgehead atoms. The van der Waals surface area contributed by atoms with Crippen LogP contribution < -0.4 is 5.32 Å². The highest BCUT2D eigenvalue weighted by Gasteiger charge is 2.00. The Bertz CT molecular complexity index is 482. The zero-order valence-electron chi connectivity index (χ0n) is 9.74. The van der Waals surface area contributed by atoms with E-state index in [1.165, 1.54) is 16.1 Å². The van der Waals surface area contributed by atoms with Crippen LogP contribution >= 0.6 is 27.3 Å². The summed E-state index contributed by atoms with van der Waals surface area (Å²) in [4.78, 5) is 5.63. The molecule has 0 atom stereocenters. The van der Waals surface area contributed by atoms with Crippen molar-refractivity contribution in [3.05, 3.63) is 50.4 Å². The summed E-state index contributed by atoms with van der Waals surface area (Å²) in [5.41, 5.74) is 4.39. The van der Waals surface area contributed by atoms with Gasteiger partial charge in [-0.15, -0.1) is 11.3 Å². The number of aromatic nitrogens is 1. The molecule has 1 aromatic carbocycles. The van der Waals surface area contributed by atoms with Crippen LogP contribution in [0.25, 0.3) is 0 Å². The highest BCUT2D eigenvalue weighted by Crippen LogP contribution is 2.13. The third-order valence-electron chi connectivity index (χ3n) is 2.59. The summed E-state index contributed by atoms with van der Waals surface area (Å²) in [6.07, 6.45) is 1.06. The first-order valence-corrected chi connectivity index (χ1v) is 7.27. The van der Waals surface area contributed by atoms with Gasteiger partial charge in [-0.3, -0.25) is 0 Å². The Morgan fingerprint density at radius 3 is 3.00 bits per heavy atom. The molecule has 1 aromatic heterocycles. The number of benzene rings is 1. The van der Waals surface area contributed by atoms with Crippen LogP contribution in [0, 0.1) is 6.92 Å². The van der Waals surface area contributed by atoms with Gasteiger partial charge in [-0.2, -0.15) is 0 Å². The Morgan fingerprint density at radius 2 is 2.29 bits per heavy atom. The van der Waals surface area contributed by atoms with E-state index in [9.17, 15) is 0 Å². The monoisotopic (exact) mass is 310 g/mol. The quantitative estimate of drug-likeness (QED) is 0.854. The smallest absolute Gasteiger partial charge is 0.0797 e. The molecule has 17 heavy (non-hydrogen) atoms. The van der Waals surface area contributed by atoms with Crippen LogP contribution in [0.1, 0.15) is 16.1 Å². The van der Waals surface area contributed by atoms with Crippen LogP contribution in [0.15, 0.2) is 34.2 Å². The second-order valence-corrected chi connectivity index (χ2v) is 5.77. The molecule has 0 amide bonds. The SMILES string of the molecule is Cc1ncsc1CCNCc1cccc(Br)c1. The fourth-order valence-corrected chi connectivity index (χ4v) is 2.88. The van der Waals surface area contributed by atoms with Gasteiger partial charge in [0.2, 0.25) is 0 Å². The van der Waals surface area contributed by atoms with Gasteiger partial charge >= 0.3 is 0 Å². The molecule has 0 aliphatic heterocycles. The van der Waals surface area contributed by atoms with Crippen molar-refractivity contribution in [3.63, 3.8) is 0 Å². The maximum absolute atomic E-state index is 4.25. The molecule has 0 fully saturated rings. The molecule has 2 rings (SSSR count). The van der Waals surface area contributed by atoms with E-state index >= 15 is 0 Å². The van der Waals surface area contributed by atoms with Crippen molar-refractivity contribution in [1.29, 1.82) is 0 Å². The van der Waals surface area contributed by atoms with Crippen molar-refractivity contribution >= 4 is 27.3 Å². The average Bonchev–Trinajstić information content (AvgIpc) is 2.71. The highest BCUT2D eigenvalue weighted by molar-refractivity contribution is 9.10. The molecular weight excluding hydrogens is 296 g/mol. The van der Waals surface area contributed by atoms with Gasteiger partial charge in [0.15, 0.2) is 0 Å². The van der Waals surface area contributed by atoms with E-state index in [1.807, 2.05) is 11.6 Å². The Kier molecular flexibility index (Phi) is 4.71. The molecule has 0 saturated heterocycles. The molecule has 0 aliphatic rings. The molecule has 0 saturated carbocycles. The van der Waals surface area contributed by atoms with Gasteiger partial charge in [-0.25, -0.2) is 4.98 Å². The molecule has 4 heteroatoms. The van der Waals surface area contributed by atoms with E-state index in [0.717, 1.165) is 24.0 Å². The van der Waals surface area contributed by atoms with Gasteiger partial charge in [-0.1, -0.05) is 28.1 Å². The minimum atomic E-state index is 0.914. The number of thiazole rings is 1. The van der Waals surface area contributed by atoms with E-state index in [4.69, 9.17) is 0 Å². The van der Waals surface area contributed by atoms with Gasteiger partial charge in [0.25, 0.3) is 0 Å². The Morgan fingerprint density at radius 1 is 1.41 bits per heavy atom. The van der Waals surface area contributed by atoms with Crippen molar-refractivity contribution in [1.82, 2.24) is 10.3 Å². The summed E-state index contributed by atoms with van der Waals surface area (Å²) in [6.45, 7) is 3.98. The lowest BCUT2D eigenvalue weighted by Gasteiger charge is -2.04. The van der Waals surface area contributed by atoms with E-state index in [0.29, 0.717) is 0 Å². The predicted molar refractivity (Wildman–Crippen MR) is 76.4 cm³/mol. The zero-order valence-corrected chi connectivity index (χ0v) is 12.1. The minimum Gasteiger partial charge on any atom is -0.312 e. The summed E-state index contributed by atoms with van der Waals surface area (Å²) < 4.78 is 1.13. The summed E-state index contributed by atoms with van der Waals surface area (Å²) in [6, 6.07) is 8.39. The van der Waals surface area contributed by atoms with Gasteiger partial charge in [-0.05, 0) is 31.0 Å². The molecule has 0 aliphatic carbocycles. The number of nitrogens with one attached hydrogen (secondary N) is 1. The van der Waals surface area contributed by atoms with Crippen LogP contribution in [0.3, 0.4) is 0 Å². The lowest BCUT2D eigenvalue weighted by molar-refractivity contribution is 0.688. The van der Waals surface area contributed by atoms with Crippen molar-refractivity contribution in [2.75, 3.05) is 6.54 Å². The molecule has 2 nitrogen and oxygen atoms in total. The second-order valence-electron chi connectivity index (χ2n) is 3.92. The lowest BCUT2D eigenvalue weighted by atomic mass is 10.2. The Hall–Kier alpha value is -0.710. The first-order chi connectivity index (χ1) is 8.25. The fraction of sp³-hybridized carbons (Fsp3) is 0.308. The Labute approximate surface area is 114 Å². The highest BCUT2D eigenvalue weighted by atomic mass is 79.9. The number of rotatable bonds is 5. The van der Waals surface area contributed by atoms with Crippen LogP contribution in [-0.4, -0.2) is 11.5 Å². The van der Waals surface area contributed by atoms with Crippen LogP contribution in [0.4, 0.5) is 0 Å². The fourth-order valence-electron chi connectivity index (χ4n) is 1.65. The van der Waals surface area contributed by atoms with E-state index < -0.39 is 0 Å². The van der Waals surface area contributed by atoms with Crippen LogP contribution in [0.2, 0.25) is 0 Å².